The molecule has 2 aromatic rings. The van der Waals surface area contributed by atoms with Gasteiger partial charge in [0.1, 0.15) is 0 Å². The first-order valence-corrected chi connectivity index (χ1v) is 6.53. The molecule has 1 aromatic heterocycles. The van der Waals surface area contributed by atoms with E-state index in [9.17, 15) is 0 Å². The number of aryl methyl sites for hydroxylation is 1. The van der Waals surface area contributed by atoms with E-state index < -0.39 is 0 Å². The van der Waals surface area contributed by atoms with Crippen LogP contribution >= 0.6 is 11.6 Å². The minimum Gasteiger partial charge on any atom is -0.381 e. The Bertz CT molecular complexity index is 485. The second kappa shape index (κ2) is 6.41. The maximum atomic E-state index is 6.06. The number of pyridine rings is 1. The number of halogens is 1. The standard InChI is InChI=1S/C15H17ClN2/c1-12(7-8-13-5-3-2-4-6-13)18-15-9-10-17-11-14(15)16/h2-6,9-12H,7-8H2,1H3,(H,17,18). The van der Waals surface area contributed by atoms with Crippen LogP contribution in [0, 0.1) is 0 Å². The highest BCUT2D eigenvalue weighted by Crippen LogP contribution is 2.20. The Morgan fingerprint density at radius 3 is 2.72 bits per heavy atom. The topological polar surface area (TPSA) is 24.9 Å². The number of nitrogens with one attached hydrogen (secondary N) is 1. The summed E-state index contributed by atoms with van der Waals surface area (Å²) in [4.78, 5) is 3.97. The molecule has 0 spiro atoms. The quantitative estimate of drug-likeness (QED) is 0.873. The summed E-state index contributed by atoms with van der Waals surface area (Å²) in [6.45, 7) is 2.17. The van der Waals surface area contributed by atoms with E-state index >= 15 is 0 Å². The van der Waals surface area contributed by atoms with Crippen LogP contribution in [0.1, 0.15) is 18.9 Å². The highest BCUT2D eigenvalue weighted by Gasteiger charge is 2.05. The van der Waals surface area contributed by atoms with Crippen LogP contribution in [-0.4, -0.2) is 11.0 Å². The molecule has 3 heteroatoms. The predicted molar refractivity (Wildman–Crippen MR) is 77.1 cm³/mol. The Labute approximate surface area is 113 Å². The van der Waals surface area contributed by atoms with Crippen molar-refractivity contribution < 1.29 is 0 Å². The van der Waals surface area contributed by atoms with Crippen molar-refractivity contribution in [2.75, 3.05) is 5.32 Å². The number of hydrogen-bond donors (Lipinski definition) is 1. The minimum absolute atomic E-state index is 0.380. The van der Waals surface area contributed by atoms with E-state index in [-0.39, 0.29) is 0 Å². The third-order valence-corrected chi connectivity index (χ3v) is 3.18. The molecule has 94 valence electrons. The molecule has 18 heavy (non-hydrogen) atoms. The lowest BCUT2D eigenvalue weighted by atomic mass is 10.1. The van der Waals surface area contributed by atoms with Crippen LogP contribution in [-0.2, 0) is 6.42 Å². The molecule has 1 aromatic carbocycles. The minimum atomic E-state index is 0.380. The maximum Gasteiger partial charge on any atom is 0.0820 e. The molecule has 0 aliphatic carbocycles. The molecule has 0 amide bonds. The average molecular weight is 261 g/mol. The average Bonchev–Trinajstić information content (AvgIpc) is 2.40. The molecule has 2 nitrogen and oxygen atoms in total. The Kier molecular flexibility index (Phi) is 4.59. The molecule has 1 heterocycles. The van der Waals surface area contributed by atoms with E-state index in [1.807, 2.05) is 12.1 Å². The molecule has 0 saturated heterocycles. The van der Waals surface area contributed by atoms with Gasteiger partial charge in [0.25, 0.3) is 0 Å². The van der Waals surface area contributed by atoms with Gasteiger partial charge in [-0.15, -0.1) is 0 Å². The first-order valence-electron chi connectivity index (χ1n) is 6.15. The van der Waals surface area contributed by atoms with Crippen LogP contribution in [0.15, 0.2) is 48.8 Å². The van der Waals surface area contributed by atoms with Crippen molar-refractivity contribution in [3.63, 3.8) is 0 Å². The van der Waals surface area contributed by atoms with Gasteiger partial charge in [-0.25, -0.2) is 0 Å². The number of nitrogens with zero attached hydrogens (tertiary/aromatic N) is 1. The van der Waals surface area contributed by atoms with Crippen LogP contribution < -0.4 is 5.32 Å². The van der Waals surface area contributed by atoms with Crippen molar-refractivity contribution in [3.8, 4) is 0 Å². The Balaban J connectivity index is 1.86. The molecule has 0 bridgehead atoms. The highest BCUT2D eigenvalue weighted by atomic mass is 35.5. The number of aromatic nitrogens is 1. The van der Waals surface area contributed by atoms with Gasteiger partial charge in [-0.1, -0.05) is 41.9 Å². The van der Waals surface area contributed by atoms with Gasteiger partial charge in [-0.05, 0) is 31.4 Å². The van der Waals surface area contributed by atoms with Crippen LogP contribution in [0.4, 0.5) is 5.69 Å². The van der Waals surface area contributed by atoms with E-state index in [0.29, 0.717) is 11.1 Å². The van der Waals surface area contributed by atoms with Crippen molar-refractivity contribution in [1.29, 1.82) is 0 Å². The lowest BCUT2D eigenvalue weighted by Gasteiger charge is -2.16. The van der Waals surface area contributed by atoms with Crippen molar-refractivity contribution in [2.24, 2.45) is 0 Å². The normalized spacial score (nSPS) is 12.1. The summed E-state index contributed by atoms with van der Waals surface area (Å²) in [5, 5.41) is 4.08. The van der Waals surface area contributed by atoms with E-state index in [2.05, 4.69) is 41.5 Å². The van der Waals surface area contributed by atoms with Gasteiger partial charge in [-0.2, -0.15) is 0 Å². The van der Waals surface area contributed by atoms with Crippen LogP contribution in [0.3, 0.4) is 0 Å². The number of benzene rings is 1. The van der Waals surface area contributed by atoms with Crippen LogP contribution in [0.25, 0.3) is 0 Å². The second-order valence-corrected chi connectivity index (χ2v) is 4.83. The molecule has 0 aliphatic rings. The fraction of sp³-hybridized carbons (Fsp3) is 0.267. The molecule has 0 saturated carbocycles. The molecule has 1 unspecified atom stereocenters. The largest absolute Gasteiger partial charge is 0.381 e. The molecular formula is C15H17ClN2. The molecule has 0 aliphatic heterocycles. The van der Waals surface area contributed by atoms with Gasteiger partial charge in [0.2, 0.25) is 0 Å². The lowest BCUT2D eigenvalue weighted by Crippen LogP contribution is -2.16. The molecule has 0 radical (unpaired) electrons. The second-order valence-electron chi connectivity index (χ2n) is 4.43. The van der Waals surface area contributed by atoms with E-state index in [1.54, 1.807) is 12.4 Å². The molecular weight excluding hydrogens is 244 g/mol. The first-order chi connectivity index (χ1) is 8.75. The van der Waals surface area contributed by atoms with Gasteiger partial charge in [0, 0.05) is 18.4 Å². The van der Waals surface area contributed by atoms with Crippen LogP contribution in [0.5, 0.6) is 0 Å². The van der Waals surface area contributed by atoms with Crippen molar-refractivity contribution >= 4 is 17.3 Å². The predicted octanol–water partition coefficient (Wildman–Crippen LogP) is 4.17. The highest BCUT2D eigenvalue weighted by molar-refractivity contribution is 6.33. The lowest BCUT2D eigenvalue weighted by molar-refractivity contribution is 0.706. The Morgan fingerprint density at radius 2 is 2.00 bits per heavy atom. The zero-order valence-electron chi connectivity index (χ0n) is 10.4. The summed E-state index contributed by atoms with van der Waals surface area (Å²) in [5.74, 6) is 0. The maximum absolute atomic E-state index is 6.06. The van der Waals surface area contributed by atoms with Crippen molar-refractivity contribution in [2.45, 2.75) is 25.8 Å². The van der Waals surface area contributed by atoms with Crippen molar-refractivity contribution in [3.05, 3.63) is 59.4 Å². The van der Waals surface area contributed by atoms with Gasteiger partial charge in [0.05, 0.1) is 10.7 Å². The van der Waals surface area contributed by atoms with E-state index in [0.717, 1.165) is 18.5 Å². The fourth-order valence-electron chi connectivity index (χ4n) is 1.86. The number of hydrogen-bond acceptors (Lipinski definition) is 2. The van der Waals surface area contributed by atoms with Gasteiger partial charge < -0.3 is 5.32 Å². The molecule has 1 atom stereocenters. The number of rotatable bonds is 5. The summed E-state index contributed by atoms with van der Waals surface area (Å²) >= 11 is 6.06. The molecule has 0 fully saturated rings. The van der Waals surface area contributed by atoms with E-state index in [1.165, 1.54) is 5.56 Å². The monoisotopic (exact) mass is 260 g/mol. The summed E-state index contributed by atoms with van der Waals surface area (Å²) in [7, 11) is 0. The van der Waals surface area contributed by atoms with Gasteiger partial charge >= 0.3 is 0 Å². The first kappa shape index (κ1) is 12.9. The molecule has 2 rings (SSSR count). The third kappa shape index (κ3) is 3.74. The van der Waals surface area contributed by atoms with Crippen LogP contribution in [0.2, 0.25) is 5.02 Å². The van der Waals surface area contributed by atoms with Crippen molar-refractivity contribution in [1.82, 2.24) is 4.98 Å². The van der Waals surface area contributed by atoms with Gasteiger partial charge in [0.15, 0.2) is 0 Å². The van der Waals surface area contributed by atoms with E-state index in [4.69, 9.17) is 11.6 Å². The Morgan fingerprint density at radius 1 is 1.22 bits per heavy atom. The summed E-state index contributed by atoms with van der Waals surface area (Å²) < 4.78 is 0. The zero-order valence-corrected chi connectivity index (χ0v) is 11.2. The Hall–Kier alpha value is -1.54. The number of anilines is 1. The third-order valence-electron chi connectivity index (χ3n) is 2.88. The molecule has 1 N–H and O–H groups in total. The van der Waals surface area contributed by atoms with Gasteiger partial charge in [-0.3, -0.25) is 4.98 Å². The fourth-order valence-corrected chi connectivity index (χ4v) is 2.03. The zero-order chi connectivity index (χ0) is 12.8. The summed E-state index contributed by atoms with van der Waals surface area (Å²) in [6, 6.07) is 12.8. The SMILES string of the molecule is CC(CCc1ccccc1)Nc1ccncc1Cl. The summed E-state index contributed by atoms with van der Waals surface area (Å²) in [5.41, 5.74) is 2.32. The summed E-state index contributed by atoms with van der Waals surface area (Å²) in [6.07, 6.45) is 5.55. The smallest absolute Gasteiger partial charge is 0.0820 e.